The molecule has 0 saturated carbocycles. The molecule has 1 N–H and O–H groups in total. The maximum Gasteiger partial charge on any atom is 0.266 e. The van der Waals surface area contributed by atoms with Gasteiger partial charge in [0.25, 0.3) is 5.91 Å². The van der Waals surface area contributed by atoms with E-state index in [1.165, 1.54) is 0 Å². The molecule has 1 unspecified atom stereocenters. The van der Waals surface area contributed by atoms with E-state index >= 15 is 0 Å². The molecule has 1 amide bonds. The van der Waals surface area contributed by atoms with Crippen molar-refractivity contribution in [2.45, 2.75) is 19.6 Å². The molecule has 0 aliphatic heterocycles. The lowest BCUT2D eigenvalue weighted by atomic mass is 10.1. The third kappa shape index (κ3) is 5.10. The Bertz CT molecular complexity index is 582. The lowest BCUT2D eigenvalue weighted by molar-refractivity contribution is -0.115. The van der Waals surface area contributed by atoms with E-state index in [0.717, 1.165) is 17.3 Å². The van der Waals surface area contributed by atoms with Crippen molar-refractivity contribution in [2.75, 3.05) is 0 Å². The van der Waals surface area contributed by atoms with Gasteiger partial charge in [0.05, 0.1) is 6.04 Å². The number of oxime groups is 1. The number of rotatable bonds is 6. The number of hydrogen-bond acceptors (Lipinski definition) is 3. The fourth-order valence-electron chi connectivity index (χ4n) is 1.85. The van der Waals surface area contributed by atoms with Gasteiger partial charge >= 0.3 is 0 Å². The second kappa shape index (κ2) is 7.85. The highest BCUT2D eigenvalue weighted by atomic mass is 16.6. The Kier molecular flexibility index (Phi) is 5.52. The summed E-state index contributed by atoms with van der Waals surface area (Å²) >= 11 is 0. The van der Waals surface area contributed by atoms with Crippen LogP contribution in [0.3, 0.4) is 0 Å². The molecule has 0 saturated heterocycles. The summed E-state index contributed by atoms with van der Waals surface area (Å²) in [5, 5.41) is 6.50. The van der Waals surface area contributed by atoms with Crippen molar-refractivity contribution in [2.24, 2.45) is 5.16 Å². The molecule has 21 heavy (non-hydrogen) atoms. The van der Waals surface area contributed by atoms with Gasteiger partial charge in [-0.05, 0) is 18.1 Å². The molecular weight excluding hydrogens is 264 g/mol. The third-order valence-corrected chi connectivity index (χ3v) is 2.98. The number of nitrogens with one attached hydrogen (secondary N) is 1. The third-order valence-electron chi connectivity index (χ3n) is 2.98. The van der Waals surface area contributed by atoms with Crippen LogP contribution in [0.1, 0.15) is 24.1 Å². The maximum atomic E-state index is 11.7. The second-order valence-electron chi connectivity index (χ2n) is 4.63. The van der Waals surface area contributed by atoms with Crippen LogP contribution in [0, 0.1) is 0 Å². The zero-order valence-corrected chi connectivity index (χ0v) is 11.9. The summed E-state index contributed by atoms with van der Waals surface area (Å²) < 4.78 is 0. The summed E-state index contributed by atoms with van der Waals surface area (Å²) in [5.74, 6) is -0.278. The Morgan fingerprint density at radius 1 is 1.14 bits per heavy atom. The summed E-state index contributed by atoms with van der Waals surface area (Å²) in [6, 6.07) is 19.3. The first-order valence-electron chi connectivity index (χ1n) is 6.80. The molecule has 0 aromatic heterocycles. The van der Waals surface area contributed by atoms with E-state index in [4.69, 9.17) is 4.84 Å². The lowest BCUT2D eigenvalue weighted by Crippen LogP contribution is -2.27. The standard InChI is InChI=1S/C17H18N2O2/c1-14(16-10-6-3-7-11-16)19-17(20)12-18-21-13-15-8-4-2-5-9-15/h2-12,14H,13H2,1H3,(H,19,20)/b18-12-. The first-order valence-corrected chi connectivity index (χ1v) is 6.80. The molecule has 0 bridgehead atoms. The molecule has 0 spiro atoms. The molecule has 0 aliphatic carbocycles. The predicted molar refractivity (Wildman–Crippen MR) is 82.7 cm³/mol. The van der Waals surface area contributed by atoms with E-state index < -0.39 is 0 Å². The first kappa shape index (κ1) is 14.8. The van der Waals surface area contributed by atoms with Crippen LogP contribution in [0.5, 0.6) is 0 Å². The molecule has 0 aliphatic rings. The smallest absolute Gasteiger partial charge is 0.266 e. The molecule has 1 atom stereocenters. The normalized spacial score (nSPS) is 12.0. The van der Waals surface area contributed by atoms with Crippen LogP contribution in [0.2, 0.25) is 0 Å². The van der Waals surface area contributed by atoms with Crippen molar-refractivity contribution in [1.29, 1.82) is 0 Å². The van der Waals surface area contributed by atoms with Gasteiger partial charge in [0, 0.05) is 0 Å². The van der Waals surface area contributed by atoms with Gasteiger partial charge in [-0.25, -0.2) is 0 Å². The summed E-state index contributed by atoms with van der Waals surface area (Å²) in [4.78, 5) is 16.8. The fraction of sp³-hybridized carbons (Fsp3) is 0.176. The van der Waals surface area contributed by atoms with Crippen LogP contribution in [0.25, 0.3) is 0 Å². The Morgan fingerprint density at radius 2 is 1.76 bits per heavy atom. The molecule has 4 nitrogen and oxygen atoms in total. The van der Waals surface area contributed by atoms with E-state index in [1.54, 1.807) is 0 Å². The summed E-state index contributed by atoms with van der Waals surface area (Å²) in [7, 11) is 0. The molecule has 0 heterocycles. The number of nitrogens with zero attached hydrogens (tertiary/aromatic N) is 1. The monoisotopic (exact) mass is 282 g/mol. The van der Waals surface area contributed by atoms with Crippen molar-refractivity contribution in [3.05, 3.63) is 71.8 Å². The van der Waals surface area contributed by atoms with Gasteiger partial charge in [-0.1, -0.05) is 65.8 Å². The Balaban J connectivity index is 1.75. The zero-order chi connectivity index (χ0) is 14.9. The lowest BCUT2D eigenvalue weighted by Gasteiger charge is -2.12. The topological polar surface area (TPSA) is 50.7 Å². The largest absolute Gasteiger partial charge is 0.391 e. The average molecular weight is 282 g/mol. The quantitative estimate of drug-likeness (QED) is 0.654. The summed E-state index contributed by atoms with van der Waals surface area (Å²) in [5.41, 5.74) is 2.05. The molecular formula is C17H18N2O2. The maximum absolute atomic E-state index is 11.7. The number of benzene rings is 2. The highest BCUT2D eigenvalue weighted by molar-refractivity contribution is 6.26. The minimum Gasteiger partial charge on any atom is -0.391 e. The second-order valence-corrected chi connectivity index (χ2v) is 4.63. The van der Waals surface area contributed by atoms with Gasteiger partial charge in [0.1, 0.15) is 12.8 Å². The van der Waals surface area contributed by atoms with Crippen LogP contribution < -0.4 is 5.32 Å². The summed E-state index contributed by atoms with van der Waals surface area (Å²) in [6.07, 6.45) is 1.16. The van der Waals surface area contributed by atoms with Crippen molar-refractivity contribution in [3.8, 4) is 0 Å². The van der Waals surface area contributed by atoms with Gasteiger partial charge in [-0.3, -0.25) is 4.79 Å². The predicted octanol–water partition coefficient (Wildman–Crippen LogP) is 3.07. The van der Waals surface area contributed by atoms with Crippen molar-refractivity contribution >= 4 is 12.1 Å². The van der Waals surface area contributed by atoms with Gasteiger partial charge in [-0.15, -0.1) is 0 Å². The fourth-order valence-corrected chi connectivity index (χ4v) is 1.85. The van der Waals surface area contributed by atoms with Crippen LogP contribution in [0.4, 0.5) is 0 Å². The van der Waals surface area contributed by atoms with E-state index in [0.29, 0.717) is 6.61 Å². The van der Waals surface area contributed by atoms with Gasteiger partial charge in [0.2, 0.25) is 0 Å². The van der Waals surface area contributed by atoms with Crippen molar-refractivity contribution < 1.29 is 9.63 Å². The highest BCUT2D eigenvalue weighted by Gasteiger charge is 2.06. The van der Waals surface area contributed by atoms with Gasteiger partial charge in [0.15, 0.2) is 0 Å². The Labute approximate surface area is 124 Å². The van der Waals surface area contributed by atoms with Crippen LogP contribution in [0.15, 0.2) is 65.8 Å². The average Bonchev–Trinajstić information content (AvgIpc) is 2.53. The van der Waals surface area contributed by atoms with Crippen molar-refractivity contribution in [1.82, 2.24) is 5.32 Å². The molecule has 0 fully saturated rings. The van der Waals surface area contributed by atoms with Crippen LogP contribution >= 0.6 is 0 Å². The molecule has 2 aromatic rings. The van der Waals surface area contributed by atoms with E-state index in [-0.39, 0.29) is 11.9 Å². The Hall–Kier alpha value is -2.62. The van der Waals surface area contributed by atoms with Crippen molar-refractivity contribution in [3.63, 3.8) is 0 Å². The molecule has 108 valence electrons. The van der Waals surface area contributed by atoms with Gasteiger partial charge in [-0.2, -0.15) is 0 Å². The minimum atomic E-state index is -0.278. The first-order chi connectivity index (χ1) is 10.3. The van der Waals surface area contributed by atoms with Gasteiger partial charge < -0.3 is 10.2 Å². The van der Waals surface area contributed by atoms with Crippen LogP contribution in [-0.4, -0.2) is 12.1 Å². The van der Waals surface area contributed by atoms with Crippen LogP contribution in [-0.2, 0) is 16.2 Å². The molecule has 2 aromatic carbocycles. The minimum absolute atomic E-state index is 0.0701. The number of carbonyl (C=O) groups is 1. The van der Waals surface area contributed by atoms with E-state index in [2.05, 4.69) is 10.5 Å². The van der Waals surface area contributed by atoms with E-state index in [9.17, 15) is 4.79 Å². The zero-order valence-electron chi connectivity index (χ0n) is 11.9. The molecule has 4 heteroatoms. The Morgan fingerprint density at radius 3 is 2.43 bits per heavy atom. The summed E-state index contributed by atoms with van der Waals surface area (Å²) in [6.45, 7) is 2.27. The number of amides is 1. The number of hydrogen-bond donors (Lipinski definition) is 1. The molecule has 0 radical (unpaired) electrons. The molecule has 2 rings (SSSR count). The van der Waals surface area contributed by atoms with E-state index in [1.807, 2.05) is 67.6 Å². The SMILES string of the molecule is CC(NC(=O)/C=N\OCc1ccccc1)c1ccccc1. The number of carbonyl (C=O) groups excluding carboxylic acids is 1. The highest BCUT2D eigenvalue weighted by Crippen LogP contribution is 2.10.